The number of carbonyl (C=O) groups is 1. The molecule has 0 aromatic heterocycles. The van der Waals surface area contributed by atoms with E-state index in [0.29, 0.717) is 29.7 Å². The first-order valence-electron chi connectivity index (χ1n) is 7.27. The third-order valence-corrected chi connectivity index (χ3v) is 3.13. The highest BCUT2D eigenvalue weighted by Crippen LogP contribution is 2.21. The molecule has 0 radical (unpaired) electrons. The molecule has 0 heterocycles. The molecule has 0 saturated carbocycles. The number of benzene rings is 1. The second kappa shape index (κ2) is 11.1. The van der Waals surface area contributed by atoms with Gasteiger partial charge in [-0.3, -0.25) is 0 Å². The molecular weight excluding hydrogens is 409 g/mol. The number of ether oxygens (including phenoxy) is 2. The summed E-state index contributed by atoms with van der Waals surface area (Å²) in [5.41, 5.74) is 7.10. The Morgan fingerprint density at radius 3 is 2.61 bits per heavy atom. The quantitative estimate of drug-likeness (QED) is 0.298. The van der Waals surface area contributed by atoms with Crippen molar-refractivity contribution in [2.24, 2.45) is 16.6 Å². The van der Waals surface area contributed by atoms with Crippen LogP contribution in [0.3, 0.4) is 0 Å². The molecule has 23 heavy (non-hydrogen) atoms. The highest BCUT2D eigenvalue weighted by Gasteiger charge is 2.12. The zero-order valence-corrected chi connectivity index (χ0v) is 16.4. The fourth-order valence-electron chi connectivity index (χ4n) is 1.83. The summed E-state index contributed by atoms with van der Waals surface area (Å²) < 4.78 is 9.91. The number of guanidine groups is 1. The third kappa shape index (κ3) is 7.54. The summed E-state index contributed by atoms with van der Waals surface area (Å²) in [5.74, 6) is 1.07. The second-order valence-electron chi connectivity index (χ2n) is 5.34. The molecule has 1 aromatic rings. The lowest BCUT2D eigenvalue weighted by Crippen LogP contribution is -2.32. The molecular formula is C16H26IN3O3. The van der Waals surface area contributed by atoms with E-state index in [2.05, 4.69) is 24.2 Å². The molecule has 6 nitrogen and oxygen atoms in total. The molecule has 7 heteroatoms. The van der Waals surface area contributed by atoms with Crippen molar-refractivity contribution in [2.75, 3.05) is 20.8 Å². The van der Waals surface area contributed by atoms with Crippen molar-refractivity contribution in [2.45, 2.75) is 26.8 Å². The lowest BCUT2D eigenvalue weighted by Gasteiger charge is -2.09. The number of methoxy groups -OCH3 is 2. The predicted molar refractivity (Wildman–Crippen MR) is 103 cm³/mol. The standard InChI is InChI=1S/C16H25N3O3.HI/c1-11(2)7-8-18-16(17)19-10-12-5-6-13(15(20)22-4)14(9-12)21-3;/h5-6,9,11H,7-8,10H2,1-4H3,(H3,17,18,19);1H. The molecule has 3 N–H and O–H groups in total. The Kier molecular flexibility index (Phi) is 10.4. The van der Waals surface area contributed by atoms with Gasteiger partial charge in [-0.1, -0.05) is 19.9 Å². The van der Waals surface area contributed by atoms with Crippen LogP contribution >= 0.6 is 24.0 Å². The Morgan fingerprint density at radius 2 is 2.04 bits per heavy atom. The number of halogens is 1. The molecule has 0 aliphatic rings. The SMILES string of the molecule is COC(=O)c1ccc(CN=C(N)NCCC(C)C)cc1OC.I. The Balaban J connectivity index is 0.00000484. The van der Waals surface area contributed by atoms with Crippen molar-refractivity contribution in [1.29, 1.82) is 0 Å². The van der Waals surface area contributed by atoms with Crippen molar-refractivity contribution in [3.8, 4) is 5.75 Å². The van der Waals surface area contributed by atoms with E-state index >= 15 is 0 Å². The van der Waals surface area contributed by atoms with E-state index in [4.69, 9.17) is 15.2 Å². The van der Waals surface area contributed by atoms with E-state index in [0.717, 1.165) is 18.5 Å². The van der Waals surface area contributed by atoms with Gasteiger partial charge >= 0.3 is 5.97 Å². The fraction of sp³-hybridized carbons (Fsp3) is 0.500. The molecule has 0 amide bonds. The minimum Gasteiger partial charge on any atom is -0.496 e. The van der Waals surface area contributed by atoms with Gasteiger partial charge in [0.25, 0.3) is 0 Å². The van der Waals surface area contributed by atoms with Gasteiger partial charge in [-0.15, -0.1) is 24.0 Å². The average molecular weight is 435 g/mol. The van der Waals surface area contributed by atoms with Crippen LogP contribution in [0.15, 0.2) is 23.2 Å². The molecule has 0 unspecified atom stereocenters. The van der Waals surface area contributed by atoms with Crippen molar-refractivity contribution in [3.05, 3.63) is 29.3 Å². The topological polar surface area (TPSA) is 85.9 Å². The maximum Gasteiger partial charge on any atom is 0.341 e. The van der Waals surface area contributed by atoms with Gasteiger partial charge in [0, 0.05) is 6.54 Å². The predicted octanol–water partition coefficient (Wildman–Crippen LogP) is 2.55. The maximum atomic E-state index is 11.6. The molecule has 130 valence electrons. The van der Waals surface area contributed by atoms with Crippen LogP contribution in [-0.2, 0) is 11.3 Å². The first-order chi connectivity index (χ1) is 10.5. The van der Waals surface area contributed by atoms with E-state index in [1.165, 1.54) is 14.2 Å². The Hall–Kier alpha value is -1.51. The van der Waals surface area contributed by atoms with Crippen LogP contribution in [-0.4, -0.2) is 32.7 Å². The van der Waals surface area contributed by atoms with Gasteiger partial charge < -0.3 is 20.5 Å². The van der Waals surface area contributed by atoms with E-state index in [-0.39, 0.29) is 24.0 Å². The Bertz CT molecular complexity index is 533. The molecule has 1 aromatic carbocycles. The molecule has 0 aliphatic carbocycles. The number of nitrogens with one attached hydrogen (secondary N) is 1. The lowest BCUT2D eigenvalue weighted by molar-refractivity contribution is 0.0597. The molecule has 0 spiro atoms. The van der Waals surface area contributed by atoms with Gasteiger partial charge in [-0.25, -0.2) is 9.79 Å². The van der Waals surface area contributed by atoms with Crippen LogP contribution in [0.4, 0.5) is 0 Å². The van der Waals surface area contributed by atoms with E-state index in [9.17, 15) is 4.79 Å². The number of nitrogens with two attached hydrogens (primary N) is 1. The zero-order valence-electron chi connectivity index (χ0n) is 14.1. The average Bonchev–Trinajstić information content (AvgIpc) is 2.51. The van der Waals surface area contributed by atoms with Gasteiger partial charge in [0.15, 0.2) is 5.96 Å². The highest BCUT2D eigenvalue weighted by atomic mass is 127. The summed E-state index contributed by atoms with van der Waals surface area (Å²) >= 11 is 0. The summed E-state index contributed by atoms with van der Waals surface area (Å²) in [4.78, 5) is 15.9. The number of nitrogens with zero attached hydrogens (tertiary/aromatic N) is 1. The number of esters is 1. The largest absolute Gasteiger partial charge is 0.496 e. The summed E-state index contributed by atoms with van der Waals surface area (Å²) in [6, 6.07) is 5.23. The normalized spacial score (nSPS) is 10.9. The second-order valence-corrected chi connectivity index (χ2v) is 5.34. The molecule has 0 fully saturated rings. The lowest BCUT2D eigenvalue weighted by atomic mass is 10.1. The third-order valence-electron chi connectivity index (χ3n) is 3.13. The van der Waals surface area contributed by atoms with Crippen LogP contribution in [0.5, 0.6) is 5.75 Å². The fourth-order valence-corrected chi connectivity index (χ4v) is 1.83. The molecule has 1 rings (SSSR count). The molecule has 0 aliphatic heterocycles. The van der Waals surface area contributed by atoms with E-state index in [1.54, 1.807) is 18.2 Å². The highest BCUT2D eigenvalue weighted by molar-refractivity contribution is 14.0. The van der Waals surface area contributed by atoms with Crippen molar-refractivity contribution in [1.82, 2.24) is 5.32 Å². The minimum absolute atomic E-state index is 0. The number of carbonyl (C=O) groups excluding carboxylic acids is 1. The van der Waals surface area contributed by atoms with Crippen LogP contribution in [0.2, 0.25) is 0 Å². The van der Waals surface area contributed by atoms with Crippen LogP contribution in [0.25, 0.3) is 0 Å². The Morgan fingerprint density at radius 1 is 1.35 bits per heavy atom. The number of hydrogen-bond acceptors (Lipinski definition) is 4. The summed E-state index contributed by atoms with van der Waals surface area (Å²) in [7, 11) is 2.85. The molecule has 0 saturated heterocycles. The summed E-state index contributed by atoms with van der Waals surface area (Å²) in [5, 5.41) is 3.07. The molecule has 0 atom stereocenters. The van der Waals surface area contributed by atoms with Crippen LogP contribution in [0, 0.1) is 5.92 Å². The summed E-state index contributed by atoms with van der Waals surface area (Å²) in [6.07, 6.45) is 1.04. The van der Waals surface area contributed by atoms with Gasteiger partial charge in [0.1, 0.15) is 11.3 Å². The monoisotopic (exact) mass is 435 g/mol. The molecule has 0 bridgehead atoms. The Labute approximate surface area is 154 Å². The number of aliphatic imine (C=N–C) groups is 1. The van der Waals surface area contributed by atoms with E-state index < -0.39 is 5.97 Å². The smallest absolute Gasteiger partial charge is 0.341 e. The number of rotatable bonds is 7. The van der Waals surface area contributed by atoms with Crippen LogP contribution < -0.4 is 15.8 Å². The van der Waals surface area contributed by atoms with E-state index in [1.807, 2.05) is 0 Å². The first-order valence-corrected chi connectivity index (χ1v) is 7.27. The summed E-state index contributed by atoms with van der Waals surface area (Å²) in [6.45, 7) is 5.53. The minimum atomic E-state index is -0.429. The van der Waals surface area contributed by atoms with Crippen molar-refractivity contribution < 1.29 is 14.3 Å². The van der Waals surface area contributed by atoms with Gasteiger partial charge in [0.2, 0.25) is 0 Å². The zero-order chi connectivity index (χ0) is 16.5. The van der Waals surface area contributed by atoms with Gasteiger partial charge in [0.05, 0.1) is 20.8 Å². The first kappa shape index (κ1) is 21.5. The van der Waals surface area contributed by atoms with Gasteiger partial charge in [-0.2, -0.15) is 0 Å². The van der Waals surface area contributed by atoms with Crippen LogP contribution in [0.1, 0.15) is 36.2 Å². The van der Waals surface area contributed by atoms with Gasteiger partial charge in [-0.05, 0) is 30.0 Å². The maximum absolute atomic E-state index is 11.6. The van der Waals surface area contributed by atoms with Crippen molar-refractivity contribution >= 4 is 35.9 Å². The van der Waals surface area contributed by atoms with Crippen molar-refractivity contribution in [3.63, 3.8) is 0 Å². The number of hydrogen-bond donors (Lipinski definition) is 2.